The van der Waals surface area contributed by atoms with Crippen LogP contribution in [0.4, 0.5) is 5.82 Å². The highest BCUT2D eigenvalue weighted by Crippen LogP contribution is 2.18. The Bertz CT molecular complexity index is 294. The molecule has 1 unspecified atom stereocenters. The number of nitrogens with two attached hydrogens (primary N) is 1. The van der Waals surface area contributed by atoms with E-state index in [0.717, 1.165) is 26.2 Å². The lowest BCUT2D eigenvalue weighted by Gasteiger charge is -2.08. The van der Waals surface area contributed by atoms with Crippen molar-refractivity contribution in [3.05, 3.63) is 11.2 Å². The van der Waals surface area contributed by atoms with E-state index in [4.69, 9.17) is 22.1 Å². The highest BCUT2D eigenvalue weighted by Gasteiger charge is 2.17. The van der Waals surface area contributed by atoms with Gasteiger partial charge in [-0.3, -0.25) is 0 Å². The SMILES string of the molecule is Nc1cc(Cl)nn1CC1CCOC1. The average molecular weight is 202 g/mol. The van der Waals surface area contributed by atoms with Crippen molar-refractivity contribution < 1.29 is 4.74 Å². The van der Waals surface area contributed by atoms with Gasteiger partial charge in [-0.15, -0.1) is 0 Å². The molecule has 0 amide bonds. The fourth-order valence-corrected chi connectivity index (χ4v) is 1.72. The molecule has 2 N–H and O–H groups in total. The molecule has 1 atom stereocenters. The molecule has 1 aromatic rings. The number of nitrogen functional groups attached to an aromatic ring is 1. The Balaban J connectivity index is 2.03. The normalized spacial score (nSPS) is 22.4. The molecule has 0 aromatic carbocycles. The summed E-state index contributed by atoms with van der Waals surface area (Å²) < 4.78 is 7.00. The predicted octanol–water partition coefficient (Wildman–Crippen LogP) is 1.16. The lowest BCUT2D eigenvalue weighted by molar-refractivity contribution is 0.181. The largest absolute Gasteiger partial charge is 0.384 e. The van der Waals surface area contributed by atoms with Crippen LogP contribution in [-0.4, -0.2) is 23.0 Å². The van der Waals surface area contributed by atoms with Crippen LogP contribution in [0.2, 0.25) is 5.15 Å². The molecule has 0 radical (unpaired) electrons. The van der Waals surface area contributed by atoms with Gasteiger partial charge in [0.15, 0.2) is 5.15 Å². The van der Waals surface area contributed by atoms with E-state index in [0.29, 0.717) is 16.9 Å². The van der Waals surface area contributed by atoms with Gasteiger partial charge in [-0.1, -0.05) is 11.6 Å². The maximum Gasteiger partial charge on any atom is 0.153 e. The van der Waals surface area contributed by atoms with Crippen LogP contribution >= 0.6 is 11.6 Å². The smallest absolute Gasteiger partial charge is 0.153 e. The number of halogens is 1. The fraction of sp³-hybridized carbons (Fsp3) is 0.625. The Hall–Kier alpha value is -0.740. The molecule has 2 rings (SSSR count). The van der Waals surface area contributed by atoms with Crippen molar-refractivity contribution >= 4 is 17.4 Å². The standard InChI is InChI=1S/C8H12ClN3O/c9-7-3-8(10)12(11-7)4-6-1-2-13-5-6/h3,6H,1-2,4-5,10H2. The molecule has 1 aliphatic heterocycles. The summed E-state index contributed by atoms with van der Waals surface area (Å²) in [6.07, 6.45) is 1.08. The number of ether oxygens (including phenoxy) is 1. The van der Waals surface area contributed by atoms with Crippen molar-refractivity contribution in [2.24, 2.45) is 5.92 Å². The van der Waals surface area contributed by atoms with Gasteiger partial charge in [0.05, 0.1) is 6.61 Å². The van der Waals surface area contributed by atoms with Crippen LogP contribution in [0.3, 0.4) is 0 Å². The zero-order valence-electron chi connectivity index (χ0n) is 7.24. The maximum absolute atomic E-state index is 5.71. The highest BCUT2D eigenvalue weighted by atomic mass is 35.5. The third-order valence-electron chi connectivity index (χ3n) is 2.24. The minimum absolute atomic E-state index is 0.455. The molecule has 0 saturated carbocycles. The molecule has 72 valence electrons. The minimum atomic E-state index is 0.455. The van der Waals surface area contributed by atoms with E-state index in [1.165, 1.54) is 0 Å². The average Bonchev–Trinajstić information content (AvgIpc) is 2.63. The summed E-state index contributed by atoms with van der Waals surface area (Å²) in [4.78, 5) is 0. The molecular formula is C8H12ClN3O. The number of anilines is 1. The zero-order chi connectivity index (χ0) is 9.26. The van der Waals surface area contributed by atoms with Crippen molar-refractivity contribution in [3.63, 3.8) is 0 Å². The summed E-state index contributed by atoms with van der Waals surface area (Å²) in [5, 5.41) is 4.53. The zero-order valence-corrected chi connectivity index (χ0v) is 8.00. The molecule has 13 heavy (non-hydrogen) atoms. The van der Waals surface area contributed by atoms with Crippen LogP contribution in [0.15, 0.2) is 6.07 Å². The van der Waals surface area contributed by atoms with E-state index in [9.17, 15) is 0 Å². The molecule has 1 aliphatic rings. The molecule has 0 spiro atoms. The Labute approximate surface area is 81.6 Å². The second-order valence-electron chi connectivity index (χ2n) is 3.30. The number of nitrogens with zero attached hydrogens (tertiary/aromatic N) is 2. The van der Waals surface area contributed by atoms with Crippen LogP contribution in [0.1, 0.15) is 6.42 Å². The van der Waals surface area contributed by atoms with Gasteiger partial charge in [0, 0.05) is 25.1 Å². The molecule has 0 bridgehead atoms. The maximum atomic E-state index is 5.71. The molecule has 1 saturated heterocycles. The van der Waals surface area contributed by atoms with Crippen molar-refractivity contribution in [1.29, 1.82) is 0 Å². The van der Waals surface area contributed by atoms with Crippen LogP contribution < -0.4 is 5.73 Å². The van der Waals surface area contributed by atoms with E-state index in [1.54, 1.807) is 10.7 Å². The third kappa shape index (κ3) is 1.95. The van der Waals surface area contributed by atoms with Gasteiger partial charge in [0.25, 0.3) is 0 Å². The first-order chi connectivity index (χ1) is 6.25. The predicted molar refractivity (Wildman–Crippen MR) is 50.6 cm³/mol. The topological polar surface area (TPSA) is 53.1 Å². The Morgan fingerprint density at radius 2 is 2.62 bits per heavy atom. The molecular weight excluding hydrogens is 190 g/mol. The number of hydrogen-bond donors (Lipinski definition) is 1. The van der Waals surface area contributed by atoms with Crippen molar-refractivity contribution in [1.82, 2.24) is 9.78 Å². The van der Waals surface area contributed by atoms with Gasteiger partial charge in [0.1, 0.15) is 5.82 Å². The first-order valence-corrected chi connectivity index (χ1v) is 4.70. The molecule has 4 nitrogen and oxygen atoms in total. The lowest BCUT2D eigenvalue weighted by Crippen LogP contribution is -2.13. The van der Waals surface area contributed by atoms with Crippen LogP contribution in [0.25, 0.3) is 0 Å². The third-order valence-corrected chi connectivity index (χ3v) is 2.42. The Morgan fingerprint density at radius 3 is 3.15 bits per heavy atom. The van der Waals surface area contributed by atoms with E-state index in [1.807, 2.05) is 0 Å². The van der Waals surface area contributed by atoms with Gasteiger partial charge in [-0.05, 0) is 6.42 Å². The van der Waals surface area contributed by atoms with Crippen molar-refractivity contribution in [3.8, 4) is 0 Å². The van der Waals surface area contributed by atoms with Gasteiger partial charge >= 0.3 is 0 Å². The summed E-state index contributed by atoms with van der Waals surface area (Å²) in [7, 11) is 0. The van der Waals surface area contributed by atoms with E-state index >= 15 is 0 Å². The van der Waals surface area contributed by atoms with Gasteiger partial charge in [-0.2, -0.15) is 5.10 Å². The van der Waals surface area contributed by atoms with Gasteiger partial charge < -0.3 is 10.5 Å². The highest BCUT2D eigenvalue weighted by molar-refractivity contribution is 6.29. The summed E-state index contributed by atoms with van der Waals surface area (Å²) in [5.74, 6) is 1.15. The Kier molecular flexibility index (Phi) is 2.42. The van der Waals surface area contributed by atoms with E-state index in [2.05, 4.69) is 5.10 Å². The van der Waals surface area contributed by atoms with E-state index in [-0.39, 0.29) is 0 Å². The summed E-state index contributed by atoms with van der Waals surface area (Å²) >= 11 is 5.71. The lowest BCUT2D eigenvalue weighted by atomic mass is 10.1. The van der Waals surface area contributed by atoms with Crippen molar-refractivity contribution in [2.75, 3.05) is 18.9 Å². The van der Waals surface area contributed by atoms with Gasteiger partial charge in [0.2, 0.25) is 0 Å². The number of rotatable bonds is 2. The van der Waals surface area contributed by atoms with Crippen LogP contribution in [0, 0.1) is 5.92 Å². The first kappa shape index (κ1) is 8.84. The number of hydrogen-bond acceptors (Lipinski definition) is 3. The second-order valence-corrected chi connectivity index (χ2v) is 3.69. The first-order valence-electron chi connectivity index (χ1n) is 4.32. The summed E-state index contributed by atoms with van der Waals surface area (Å²) in [6, 6.07) is 1.66. The van der Waals surface area contributed by atoms with Gasteiger partial charge in [-0.25, -0.2) is 4.68 Å². The molecule has 1 aromatic heterocycles. The minimum Gasteiger partial charge on any atom is -0.384 e. The van der Waals surface area contributed by atoms with Crippen LogP contribution in [-0.2, 0) is 11.3 Å². The molecule has 0 aliphatic carbocycles. The summed E-state index contributed by atoms with van der Waals surface area (Å²) in [6.45, 7) is 2.45. The summed E-state index contributed by atoms with van der Waals surface area (Å²) in [5.41, 5.74) is 5.69. The molecule has 1 fully saturated rings. The molecule has 5 heteroatoms. The fourth-order valence-electron chi connectivity index (χ4n) is 1.52. The number of aromatic nitrogens is 2. The van der Waals surface area contributed by atoms with E-state index < -0.39 is 0 Å². The van der Waals surface area contributed by atoms with Crippen LogP contribution in [0.5, 0.6) is 0 Å². The quantitative estimate of drug-likeness (QED) is 0.781. The monoisotopic (exact) mass is 201 g/mol. The van der Waals surface area contributed by atoms with Crippen molar-refractivity contribution in [2.45, 2.75) is 13.0 Å². The molecule has 2 heterocycles. The second kappa shape index (κ2) is 3.55. The Morgan fingerprint density at radius 1 is 1.77 bits per heavy atom.